The molecule has 1 atom stereocenters. The van der Waals surface area contributed by atoms with Crippen molar-refractivity contribution in [2.45, 2.75) is 25.1 Å². The number of carbonyl (C=O) groups is 1. The van der Waals surface area contributed by atoms with Crippen LogP contribution in [-0.4, -0.2) is 16.2 Å². The summed E-state index contributed by atoms with van der Waals surface area (Å²) in [6.45, 7) is 0. The standard InChI is InChI=1S/C11H11BrF3NO3/c12-5-3-6(8(16)1-2-9(17)18)10(19)7(4-5)11(13,14)15/h3-4,8,19H,1-2,16H2,(H,17,18). The van der Waals surface area contributed by atoms with Crippen molar-refractivity contribution in [1.82, 2.24) is 0 Å². The number of alkyl halides is 3. The molecular formula is C11H11BrF3NO3. The third-order valence-electron chi connectivity index (χ3n) is 2.48. The van der Waals surface area contributed by atoms with Gasteiger partial charge in [-0.1, -0.05) is 15.9 Å². The van der Waals surface area contributed by atoms with Crippen LogP contribution in [0.1, 0.15) is 30.0 Å². The van der Waals surface area contributed by atoms with E-state index in [1.54, 1.807) is 0 Å². The van der Waals surface area contributed by atoms with Gasteiger partial charge in [-0.3, -0.25) is 4.79 Å². The van der Waals surface area contributed by atoms with E-state index in [-0.39, 0.29) is 22.9 Å². The first kappa shape index (κ1) is 15.8. The second-order valence-electron chi connectivity index (χ2n) is 3.93. The number of benzene rings is 1. The van der Waals surface area contributed by atoms with Crippen LogP contribution in [0.4, 0.5) is 13.2 Å². The SMILES string of the molecule is NC(CCC(=O)O)c1cc(Br)cc(C(F)(F)F)c1O. The molecule has 0 bridgehead atoms. The van der Waals surface area contributed by atoms with E-state index < -0.39 is 29.5 Å². The maximum Gasteiger partial charge on any atom is 0.420 e. The molecule has 0 radical (unpaired) electrons. The molecule has 0 spiro atoms. The van der Waals surface area contributed by atoms with Crippen LogP contribution in [0, 0.1) is 0 Å². The summed E-state index contributed by atoms with van der Waals surface area (Å²) in [5.41, 5.74) is 4.27. The van der Waals surface area contributed by atoms with E-state index in [0.717, 1.165) is 6.07 Å². The Kier molecular flexibility index (Phi) is 4.81. The number of aromatic hydroxyl groups is 1. The molecule has 1 rings (SSSR count). The summed E-state index contributed by atoms with van der Waals surface area (Å²) in [6.07, 6.45) is -5.08. The predicted octanol–water partition coefficient (Wildman–Crippen LogP) is 3.04. The summed E-state index contributed by atoms with van der Waals surface area (Å²) >= 11 is 2.90. The average molecular weight is 342 g/mol. The Balaban J connectivity index is 3.14. The van der Waals surface area contributed by atoms with Crippen molar-refractivity contribution in [3.05, 3.63) is 27.7 Å². The summed E-state index contributed by atoms with van der Waals surface area (Å²) in [7, 11) is 0. The highest BCUT2D eigenvalue weighted by molar-refractivity contribution is 9.10. The van der Waals surface area contributed by atoms with Crippen molar-refractivity contribution in [2.75, 3.05) is 0 Å². The van der Waals surface area contributed by atoms with Gasteiger partial charge < -0.3 is 15.9 Å². The Morgan fingerprint density at radius 2 is 2.00 bits per heavy atom. The van der Waals surface area contributed by atoms with Crippen LogP contribution in [0.2, 0.25) is 0 Å². The van der Waals surface area contributed by atoms with Gasteiger partial charge in [-0.15, -0.1) is 0 Å². The van der Waals surface area contributed by atoms with Crippen LogP contribution in [0.5, 0.6) is 5.75 Å². The first-order valence-electron chi connectivity index (χ1n) is 5.20. The second kappa shape index (κ2) is 5.79. The van der Waals surface area contributed by atoms with Crippen LogP contribution in [0.25, 0.3) is 0 Å². The number of halogens is 4. The van der Waals surface area contributed by atoms with Crippen LogP contribution >= 0.6 is 15.9 Å². The molecule has 0 aliphatic carbocycles. The molecule has 0 aromatic heterocycles. The van der Waals surface area contributed by atoms with Gasteiger partial charge in [0.1, 0.15) is 5.75 Å². The first-order valence-corrected chi connectivity index (χ1v) is 5.99. The molecule has 0 saturated heterocycles. The van der Waals surface area contributed by atoms with E-state index in [9.17, 15) is 23.1 Å². The predicted molar refractivity (Wildman–Crippen MR) is 64.6 cm³/mol. The second-order valence-corrected chi connectivity index (χ2v) is 4.84. The highest BCUT2D eigenvalue weighted by Crippen LogP contribution is 2.41. The minimum atomic E-state index is -4.71. The lowest BCUT2D eigenvalue weighted by molar-refractivity contribution is -0.139. The van der Waals surface area contributed by atoms with Crippen LogP contribution < -0.4 is 5.73 Å². The molecule has 0 heterocycles. The third kappa shape index (κ3) is 4.10. The van der Waals surface area contributed by atoms with Gasteiger partial charge in [-0.05, 0) is 18.6 Å². The molecule has 19 heavy (non-hydrogen) atoms. The van der Waals surface area contributed by atoms with Crippen molar-refractivity contribution in [3.63, 3.8) is 0 Å². The maximum absolute atomic E-state index is 12.7. The molecule has 1 unspecified atom stereocenters. The lowest BCUT2D eigenvalue weighted by Crippen LogP contribution is -2.15. The van der Waals surface area contributed by atoms with Gasteiger partial charge in [0, 0.05) is 22.5 Å². The summed E-state index contributed by atoms with van der Waals surface area (Å²) < 4.78 is 38.1. The van der Waals surface area contributed by atoms with E-state index in [2.05, 4.69) is 15.9 Å². The largest absolute Gasteiger partial charge is 0.507 e. The van der Waals surface area contributed by atoms with Crippen molar-refractivity contribution in [2.24, 2.45) is 5.73 Å². The molecular weight excluding hydrogens is 331 g/mol. The van der Waals surface area contributed by atoms with Gasteiger partial charge in [0.2, 0.25) is 0 Å². The lowest BCUT2D eigenvalue weighted by Gasteiger charge is -2.17. The monoisotopic (exact) mass is 341 g/mol. The molecule has 0 fully saturated rings. The fourth-order valence-corrected chi connectivity index (χ4v) is 2.03. The lowest BCUT2D eigenvalue weighted by atomic mass is 9.99. The van der Waals surface area contributed by atoms with Crippen LogP contribution in [-0.2, 0) is 11.0 Å². The first-order chi connectivity index (χ1) is 8.62. The molecule has 1 aromatic rings. The average Bonchev–Trinajstić information content (AvgIpc) is 2.27. The molecule has 0 amide bonds. The van der Waals surface area contributed by atoms with Crippen LogP contribution in [0.3, 0.4) is 0 Å². The molecule has 0 aliphatic rings. The summed E-state index contributed by atoms with van der Waals surface area (Å²) in [6, 6.07) is 0.995. The number of nitrogens with two attached hydrogens (primary N) is 1. The van der Waals surface area contributed by atoms with E-state index in [4.69, 9.17) is 10.8 Å². The number of hydrogen-bond donors (Lipinski definition) is 3. The molecule has 4 N–H and O–H groups in total. The molecule has 4 nitrogen and oxygen atoms in total. The van der Waals surface area contributed by atoms with Gasteiger partial charge in [-0.25, -0.2) is 0 Å². The van der Waals surface area contributed by atoms with Crippen molar-refractivity contribution in [1.29, 1.82) is 0 Å². The summed E-state index contributed by atoms with van der Waals surface area (Å²) in [5.74, 6) is -2.07. The third-order valence-corrected chi connectivity index (χ3v) is 2.94. The van der Waals surface area contributed by atoms with E-state index in [1.165, 1.54) is 6.07 Å². The minimum absolute atomic E-state index is 0.0728. The number of rotatable bonds is 4. The van der Waals surface area contributed by atoms with E-state index >= 15 is 0 Å². The number of carboxylic acids is 1. The molecule has 106 valence electrons. The number of aliphatic carboxylic acids is 1. The summed E-state index contributed by atoms with van der Waals surface area (Å²) in [5, 5.41) is 18.1. The Bertz CT molecular complexity index is 491. The Morgan fingerprint density at radius 3 is 2.47 bits per heavy atom. The number of phenols is 1. The topological polar surface area (TPSA) is 83.6 Å². The molecule has 1 aromatic carbocycles. The van der Waals surface area contributed by atoms with Gasteiger partial charge in [0.05, 0.1) is 5.56 Å². The highest BCUT2D eigenvalue weighted by Gasteiger charge is 2.35. The van der Waals surface area contributed by atoms with Gasteiger partial charge >= 0.3 is 12.1 Å². The minimum Gasteiger partial charge on any atom is -0.507 e. The van der Waals surface area contributed by atoms with Gasteiger partial charge in [0.25, 0.3) is 0 Å². The zero-order chi connectivity index (χ0) is 14.8. The van der Waals surface area contributed by atoms with Crippen molar-refractivity contribution < 1.29 is 28.2 Å². The van der Waals surface area contributed by atoms with E-state index in [0.29, 0.717) is 0 Å². The number of carboxylic acid groups (broad SMARTS) is 1. The highest BCUT2D eigenvalue weighted by atomic mass is 79.9. The van der Waals surface area contributed by atoms with Gasteiger partial charge in [0.15, 0.2) is 0 Å². The molecule has 0 aliphatic heterocycles. The van der Waals surface area contributed by atoms with Crippen molar-refractivity contribution in [3.8, 4) is 5.75 Å². The number of hydrogen-bond acceptors (Lipinski definition) is 3. The van der Waals surface area contributed by atoms with Gasteiger partial charge in [-0.2, -0.15) is 13.2 Å². The Morgan fingerprint density at radius 1 is 1.42 bits per heavy atom. The fraction of sp³-hybridized carbons (Fsp3) is 0.364. The zero-order valence-corrected chi connectivity index (χ0v) is 11.1. The smallest absolute Gasteiger partial charge is 0.420 e. The van der Waals surface area contributed by atoms with Crippen LogP contribution in [0.15, 0.2) is 16.6 Å². The number of phenolic OH excluding ortho intramolecular Hbond substituents is 1. The molecule has 0 saturated carbocycles. The Labute approximate surface area is 115 Å². The molecule has 8 heteroatoms. The quantitative estimate of drug-likeness (QED) is 0.785. The Hall–Kier alpha value is -1.28. The fourth-order valence-electron chi connectivity index (χ4n) is 1.55. The van der Waals surface area contributed by atoms with Crippen molar-refractivity contribution >= 4 is 21.9 Å². The summed E-state index contributed by atoms with van der Waals surface area (Å²) in [4.78, 5) is 10.4. The maximum atomic E-state index is 12.7. The normalized spacial score (nSPS) is 13.3. The van der Waals surface area contributed by atoms with E-state index in [1.807, 2.05) is 0 Å². The zero-order valence-electron chi connectivity index (χ0n) is 9.54.